The Balaban J connectivity index is 1.65. The highest BCUT2D eigenvalue weighted by Gasteiger charge is 2.20. The molecule has 0 aromatic heterocycles. The third-order valence-corrected chi connectivity index (χ3v) is 4.50. The highest BCUT2D eigenvalue weighted by Crippen LogP contribution is 2.21. The summed E-state index contributed by atoms with van der Waals surface area (Å²) in [6.45, 7) is 4.23. The van der Waals surface area contributed by atoms with Crippen LogP contribution in [0, 0.1) is 17.5 Å². The molecule has 0 radical (unpaired) electrons. The molecule has 142 valence electrons. The lowest BCUT2D eigenvalue weighted by Crippen LogP contribution is -2.48. The van der Waals surface area contributed by atoms with Gasteiger partial charge in [-0.05, 0) is 36.4 Å². The molecule has 5 nitrogen and oxygen atoms in total. The summed E-state index contributed by atoms with van der Waals surface area (Å²) < 4.78 is 39.9. The molecule has 27 heavy (non-hydrogen) atoms. The average Bonchev–Trinajstić information content (AvgIpc) is 2.67. The molecule has 0 aliphatic carbocycles. The summed E-state index contributed by atoms with van der Waals surface area (Å²) >= 11 is 0. The van der Waals surface area contributed by atoms with Crippen LogP contribution in [0.5, 0.6) is 0 Å². The van der Waals surface area contributed by atoms with E-state index >= 15 is 0 Å². The van der Waals surface area contributed by atoms with Gasteiger partial charge < -0.3 is 15.1 Å². The number of carbonyl (C=O) groups is 2. The summed E-state index contributed by atoms with van der Waals surface area (Å²) in [5.41, 5.74) is 0.754. The smallest absolute Gasteiger partial charge is 0.258 e. The zero-order valence-corrected chi connectivity index (χ0v) is 14.6. The van der Waals surface area contributed by atoms with Gasteiger partial charge >= 0.3 is 0 Å². The number of benzene rings is 2. The van der Waals surface area contributed by atoms with Crippen molar-refractivity contribution in [1.82, 2.24) is 4.90 Å². The van der Waals surface area contributed by atoms with E-state index in [1.807, 2.05) is 0 Å². The van der Waals surface area contributed by atoms with Gasteiger partial charge in [0.2, 0.25) is 5.91 Å². The van der Waals surface area contributed by atoms with Crippen molar-refractivity contribution in [1.29, 1.82) is 0 Å². The molecular formula is C19H18F3N3O2. The van der Waals surface area contributed by atoms with E-state index in [0.717, 1.165) is 11.8 Å². The summed E-state index contributed by atoms with van der Waals surface area (Å²) in [7, 11) is 0. The molecule has 1 aliphatic rings. The largest absolute Gasteiger partial charge is 0.368 e. The van der Waals surface area contributed by atoms with Gasteiger partial charge in [-0.2, -0.15) is 0 Å². The first-order valence-electron chi connectivity index (χ1n) is 8.42. The number of rotatable bonds is 3. The van der Waals surface area contributed by atoms with Crippen molar-refractivity contribution < 1.29 is 22.8 Å². The zero-order valence-electron chi connectivity index (χ0n) is 14.6. The Morgan fingerprint density at radius 2 is 1.52 bits per heavy atom. The summed E-state index contributed by atoms with van der Waals surface area (Å²) in [6, 6.07) is 8.47. The van der Waals surface area contributed by atoms with Crippen LogP contribution in [0.4, 0.5) is 24.5 Å². The second kappa shape index (κ2) is 7.69. The summed E-state index contributed by atoms with van der Waals surface area (Å²) in [5, 5.41) is 2.46. The minimum absolute atomic E-state index is 0.0529. The van der Waals surface area contributed by atoms with Gasteiger partial charge in [-0.3, -0.25) is 9.59 Å². The lowest BCUT2D eigenvalue weighted by molar-refractivity contribution is -0.129. The summed E-state index contributed by atoms with van der Waals surface area (Å²) in [6.07, 6.45) is 0. The fraction of sp³-hybridized carbons (Fsp3) is 0.263. The van der Waals surface area contributed by atoms with Gasteiger partial charge in [0, 0.05) is 44.5 Å². The predicted octanol–water partition coefficient (Wildman–Crippen LogP) is 3.02. The molecule has 1 N–H and O–H groups in total. The maximum absolute atomic E-state index is 13.7. The maximum atomic E-state index is 13.7. The van der Waals surface area contributed by atoms with Crippen LogP contribution in [0.1, 0.15) is 17.3 Å². The number of nitrogens with zero attached hydrogens (tertiary/aromatic N) is 2. The Bertz CT molecular complexity index is 863. The second-order valence-electron chi connectivity index (χ2n) is 6.22. The van der Waals surface area contributed by atoms with Crippen LogP contribution in [0.3, 0.4) is 0 Å². The summed E-state index contributed by atoms with van der Waals surface area (Å²) in [5.74, 6) is -5.36. The number of carbonyl (C=O) groups excluding carboxylic acids is 2. The Morgan fingerprint density at radius 1 is 0.889 bits per heavy atom. The minimum atomic E-state index is -1.68. The zero-order chi connectivity index (χ0) is 19.6. The maximum Gasteiger partial charge on any atom is 0.258 e. The number of piperazine rings is 1. The molecular weight excluding hydrogens is 359 g/mol. The molecule has 0 atom stereocenters. The number of nitrogens with one attached hydrogen (secondary N) is 1. The topological polar surface area (TPSA) is 52.7 Å². The monoisotopic (exact) mass is 377 g/mol. The van der Waals surface area contributed by atoms with Crippen LogP contribution in [0.2, 0.25) is 0 Å². The van der Waals surface area contributed by atoms with Crippen LogP contribution in [0.15, 0.2) is 36.4 Å². The van der Waals surface area contributed by atoms with Crippen LogP contribution >= 0.6 is 0 Å². The van der Waals surface area contributed by atoms with Gasteiger partial charge in [-0.15, -0.1) is 0 Å². The normalized spacial score (nSPS) is 14.2. The molecule has 3 rings (SSSR count). The standard InChI is InChI=1S/C19H18F3N3O2/c1-12(26)24-8-10-25(11-9-24)14-4-2-13(3-5-14)23-19(27)15-6-7-16(20)18(22)17(15)21/h2-7H,8-11H2,1H3,(H,23,27). The molecule has 2 amide bonds. The molecule has 1 saturated heterocycles. The first-order valence-corrected chi connectivity index (χ1v) is 8.42. The van der Waals surface area contributed by atoms with E-state index in [0.29, 0.717) is 37.9 Å². The van der Waals surface area contributed by atoms with Crippen molar-refractivity contribution in [3.8, 4) is 0 Å². The number of hydrogen-bond acceptors (Lipinski definition) is 3. The molecule has 0 saturated carbocycles. The molecule has 0 bridgehead atoms. The molecule has 0 unspecified atom stereocenters. The van der Waals surface area contributed by atoms with Crippen LogP contribution in [-0.4, -0.2) is 42.9 Å². The van der Waals surface area contributed by atoms with Crippen LogP contribution in [0.25, 0.3) is 0 Å². The number of amides is 2. The van der Waals surface area contributed by atoms with Crippen molar-refractivity contribution in [3.63, 3.8) is 0 Å². The van der Waals surface area contributed by atoms with Gasteiger partial charge in [0.1, 0.15) is 0 Å². The van der Waals surface area contributed by atoms with Gasteiger partial charge in [0.05, 0.1) is 5.56 Å². The van der Waals surface area contributed by atoms with E-state index in [4.69, 9.17) is 0 Å². The first kappa shape index (κ1) is 18.8. The molecule has 8 heteroatoms. The highest BCUT2D eigenvalue weighted by atomic mass is 19.2. The SMILES string of the molecule is CC(=O)N1CCN(c2ccc(NC(=O)c3ccc(F)c(F)c3F)cc2)CC1. The van der Waals surface area contributed by atoms with E-state index in [1.54, 1.807) is 36.1 Å². The number of halogens is 3. The molecule has 1 fully saturated rings. The van der Waals surface area contributed by atoms with Gasteiger partial charge in [0.15, 0.2) is 17.5 Å². The summed E-state index contributed by atoms with van der Waals surface area (Å²) in [4.78, 5) is 27.4. The van der Waals surface area contributed by atoms with Crippen molar-refractivity contribution in [2.45, 2.75) is 6.92 Å². The molecule has 0 spiro atoms. The van der Waals surface area contributed by atoms with E-state index in [2.05, 4.69) is 10.2 Å². The Hall–Kier alpha value is -3.03. The third kappa shape index (κ3) is 4.05. The molecule has 2 aromatic carbocycles. The quantitative estimate of drug-likeness (QED) is 0.837. The lowest BCUT2D eigenvalue weighted by atomic mass is 10.1. The van der Waals surface area contributed by atoms with E-state index < -0.39 is 28.9 Å². The van der Waals surface area contributed by atoms with Gasteiger partial charge in [-0.25, -0.2) is 13.2 Å². The minimum Gasteiger partial charge on any atom is -0.368 e. The van der Waals surface area contributed by atoms with Crippen molar-refractivity contribution in [2.75, 3.05) is 36.4 Å². The fourth-order valence-electron chi connectivity index (χ4n) is 2.93. The average molecular weight is 377 g/mol. The lowest BCUT2D eigenvalue weighted by Gasteiger charge is -2.35. The predicted molar refractivity (Wildman–Crippen MR) is 95.2 cm³/mol. The number of anilines is 2. The second-order valence-corrected chi connectivity index (χ2v) is 6.22. The fourth-order valence-corrected chi connectivity index (χ4v) is 2.93. The molecule has 1 heterocycles. The van der Waals surface area contributed by atoms with Crippen LogP contribution < -0.4 is 10.2 Å². The Kier molecular flexibility index (Phi) is 5.34. The molecule has 1 aliphatic heterocycles. The highest BCUT2D eigenvalue weighted by molar-refractivity contribution is 6.04. The van der Waals surface area contributed by atoms with Crippen molar-refractivity contribution in [3.05, 3.63) is 59.4 Å². The van der Waals surface area contributed by atoms with Crippen molar-refractivity contribution in [2.24, 2.45) is 0 Å². The van der Waals surface area contributed by atoms with Crippen molar-refractivity contribution >= 4 is 23.2 Å². The Labute approximate surface area is 154 Å². The first-order chi connectivity index (χ1) is 12.9. The molecule has 2 aromatic rings. The Morgan fingerprint density at radius 3 is 2.11 bits per heavy atom. The van der Waals surface area contributed by atoms with Gasteiger partial charge in [-0.1, -0.05) is 0 Å². The third-order valence-electron chi connectivity index (χ3n) is 4.50. The van der Waals surface area contributed by atoms with E-state index in [1.165, 1.54) is 0 Å². The number of hydrogen-bond donors (Lipinski definition) is 1. The van der Waals surface area contributed by atoms with Gasteiger partial charge in [0.25, 0.3) is 5.91 Å². The van der Waals surface area contributed by atoms with Crippen LogP contribution in [-0.2, 0) is 4.79 Å². The van der Waals surface area contributed by atoms with E-state index in [9.17, 15) is 22.8 Å². The van der Waals surface area contributed by atoms with E-state index in [-0.39, 0.29) is 5.91 Å².